The molecule has 3 aromatic carbocycles. The number of hydrogen-bond donors (Lipinski definition) is 3. The van der Waals surface area contributed by atoms with Crippen molar-refractivity contribution in [3.63, 3.8) is 0 Å². The normalized spacial score (nSPS) is 12.2. The minimum absolute atomic E-state index is 0.00452. The molecule has 0 atom stereocenters. The first-order valence-corrected chi connectivity index (χ1v) is 10.9. The van der Waals surface area contributed by atoms with Gasteiger partial charge >= 0.3 is 0 Å². The Hall–Kier alpha value is -1.67. The molecular formula is C19H12Cl4O5S. The quantitative estimate of drug-likeness (QED) is 0.311. The molecule has 0 heterocycles. The first-order valence-electron chi connectivity index (χ1n) is 7.91. The molecule has 0 aromatic heterocycles. The molecule has 0 spiro atoms. The van der Waals surface area contributed by atoms with Crippen molar-refractivity contribution in [2.45, 2.75) is 4.75 Å². The topological polar surface area (TPSA) is 94.8 Å². The van der Waals surface area contributed by atoms with Gasteiger partial charge in [-0.25, -0.2) is 0 Å². The molecule has 0 aliphatic carbocycles. The van der Waals surface area contributed by atoms with Crippen molar-refractivity contribution in [1.82, 2.24) is 0 Å². The lowest BCUT2D eigenvalue weighted by molar-refractivity contribution is 0.428. The molecule has 0 saturated heterocycles. The highest BCUT2D eigenvalue weighted by molar-refractivity contribution is 7.87. The van der Waals surface area contributed by atoms with Crippen molar-refractivity contribution in [1.29, 1.82) is 0 Å². The highest BCUT2D eigenvalue weighted by Gasteiger charge is 2.52. The van der Waals surface area contributed by atoms with Gasteiger partial charge in [-0.05, 0) is 17.7 Å². The Morgan fingerprint density at radius 3 is 1.48 bits per heavy atom. The molecule has 0 bridgehead atoms. The molecule has 3 N–H and O–H groups in total. The zero-order valence-corrected chi connectivity index (χ0v) is 18.1. The van der Waals surface area contributed by atoms with Crippen molar-refractivity contribution in [3.8, 4) is 11.5 Å². The molecule has 0 amide bonds. The van der Waals surface area contributed by atoms with E-state index in [1.54, 1.807) is 6.07 Å². The maximum atomic E-state index is 12.9. The second-order valence-electron chi connectivity index (χ2n) is 6.04. The van der Waals surface area contributed by atoms with Crippen molar-refractivity contribution in [2.75, 3.05) is 0 Å². The van der Waals surface area contributed by atoms with Crippen LogP contribution in [0.15, 0.2) is 54.6 Å². The van der Waals surface area contributed by atoms with Crippen LogP contribution in [0, 0.1) is 0 Å². The molecule has 0 aliphatic heterocycles. The molecule has 152 valence electrons. The van der Waals surface area contributed by atoms with Crippen LogP contribution in [0.25, 0.3) is 0 Å². The predicted molar refractivity (Wildman–Crippen MR) is 114 cm³/mol. The summed E-state index contributed by atoms with van der Waals surface area (Å²) in [7, 11) is -5.11. The Kier molecular flexibility index (Phi) is 5.98. The van der Waals surface area contributed by atoms with Gasteiger partial charge in [0.05, 0.1) is 10.0 Å². The van der Waals surface area contributed by atoms with E-state index in [4.69, 9.17) is 46.4 Å². The molecule has 3 rings (SSSR count). The van der Waals surface area contributed by atoms with Crippen molar-refractivity contribution < 1.29 is 23.2 Å². The molecule has 29 heavy (non-hydrogen) atoms. The molecule has 0 aliphatic rings. The third-order valence-electron chi connectivity index (χ3n) is 4.46. The van der Waals surface area contributed by atoms with E-state index >= 15 is 0 Å². The van der Waals surface area contributed by atoms with Crippen LogP contribution in [0.1, 0.15) is 16.7 Å². The zero-order chi connectivity index (χ0) is 21.6. The molecule has 0 saturated carbocycles. The maximum absolute atomic E-state index is 12.9. The molecular weight excluding hydrogens is 482 g/mol. The van der Waals surface area contributed by atoms with Crippen LogP contribution >= 0.6 is 46.4 Å². The third-order valence-corrected chi connectivity index (χ3v) is 7.50. The fourth-order valence-corrected chi connectivity index (χ4v) is 5.16. The summed E-state index contributed by atoms with van der Waals surface area (Å²) < 4.78 is 33.8. The lowest BCUT2D eigenvalue weighted by Gasteiger charge is -2.33. The summed E-state index contributed by atoms with van der Waals surface area (Å²) >= 11 is 23.9. The van der Waals surface area contributed by atoms with Gasteiger partial charge in [0.25, 0.3) is 10.1 Å². The zero-order valence-electron chi connectivity index (χ0n) is 14.3. The van der Waals surface area contributed by atoms with Crippen LogP contribution < -0.4 is 0 Å². The Bertz CT molecular complexity index is 1140. The van der Waals surface area contributed by atoms with Gasteiger partial charge in [-0.2, -0.15) is 8.42 Å². The predicted octanol–water partition coefficient (Wildman–Crippen LogP) is 5.89. The van der Waals surface area contributed by atoms with E-state index in [0.29, 0.717) is 0 Å². The summed E-state index contributed by atoms with van der Waals surface area (Å²) in [6.45, 7) is 0. The molecule has 5 nitrogen and oxygen atoms in total. The molecule has 0 fully saturated rings. The summed E-state index contributed by atoms with van der Waals surface area (Å²) in [6, 6.07) is 12.4. The minimum Gasteiger partial charge on any atom is -0.506 e. The number of rotatable bonds is 4. The number of benzene rings is 3. The van der Waals surface area contributed by atoms with Gasteiger partial charge in [0.1, 0.15) is 21.5 Å². The Balaban J connectivity index is 2.62. The molecule has 3 aromatic rings. The monoisotopic (exact) mass is 492 g/mol. The average Bonchev–Trinajstić information content (AvgIpc) is 2.67. The lowest BCUT2D eigenvalue weighted by atomic mass is 9.83. The number of phenolic OH excluding ortho intramolecular Hbond substituents is 2. The fourth-order valence-electron chi connectivity index (χ4n) is 3.20. The van der Waals surface area contributed by atoms with Crippen molar-refractivity contribution in [2.24, 2.45) is 0 Å². The van der Waals surface area contributed by atoms with Gasteiger partial charge in [0.2, 0.25) is 0 Å². The van der Waals surface area contributed by atoms with Gasteiger partial charge in [0.15, 0.2) is 4.75 Å². The fraction of sp³-hybridized carbons (Fsp3) is 0.0526. The van der Waals surface area contributed by atoms with E-state index in [1.165, 1.54) is 48.5 Å². The summed E-state index contributed by atoms with van der Waals surface area (Å²) in [6.07, 6.45) is 0. The second kappa shape index (κ2) is 7.87. The largest absolute Gasteiger partial charge is 0.506 e. The lowest BCUT2D eigenvalue weighted by Crippen LogP contribution is -2.38. The van der Waals surface area contributed by atoms with E-state index in [9.17, 15) is 23.2 Å². The second-order valence-corrected chi connectivity index (χ2v) is 9.17. The smallest absolute Gasteiger partial charge is 0.283 e. The van der Waals surface area contributed by atoms with Crippen LogP contribution in [0.4, 0.5) is 0 Å². The highest BCUT2D eigenvalue weighted by Crippen LogP contribution is 2.53. The Morgan fingerprint density at radius 2 is 1.10 bits per heavy atom. The number of halogens is 4. The van der Waals surface area contributed by atoms with E-state index in [2.05, 4.69) is 0 Å². The average molecular weight is 494 g/mol. The van der Waals surface area contributed by atoms with Gasteiger partial charge < -0.3 is 10.2 Å². The van der Waals surface area contributed by atoms with E-state index in [1.807, 2.05) is 0 Å². The molecule has 0 radical (unpaired) electrons. The van der Waals surface area contributed by atoms with E-state index < -0.39 is 26.4 Å². The van der Waals surface area contributed by atoms with Crippen LogP contribution in [-0.2, 0) is 14.9 Å². The maximum Gasteiger partial charge on any atom is 0.283 e. The summed E-state index contributed by atoms with van der Waals surface area (Å²) in [4.78, 5) is 0. The van der Waals surface area contributed by atoms with Crippen molar-refractivity contribution >= 4 is 56.5 Å². The Labute approximate surface area is 186 Å². The van der Waals surface area contributed by atoms with Crippen LogP contribution in [0.3, 0.4) is 0 Å². The molecule has 0 unspecified atom stereocenters. The van der Waals surface area contributed by atoms with Crippen LogP contribution in [0.5, 0.6) is 11.5 Å². The van der Waals surface area contributed by atoms with E-state index in [0.717, 1.165) is 0 Å². The van der Waals surface area contributed by atoms with Crippen LogP contribution in [-0.4, -0.2) is 23.2 Å². The highest BCUT2D eigenvalue weighted by atomic mass is 35.5. The minimum atomic E-state index is -5.11. The Morgan fingerprint density at radius 1 is 0.690 bits per heavy atom. The number of hydrogen-bond acceptors (Lipinski definition) is 4. The SMILES string of the molecule is O=S(=O)(O)C(c1ccccc1)(c1ccc(Cl)c(Cl)c1O)c1ccc(Cl)c(Cl)c1O. The first kappa shape index (κ1) is 22.0. The van der Waals surface area contributed by atoms with Gasteiger partial charge in [-0.15, -0.1) is 0 Å². The van der Waals surface area contributed by atoms with Crippen molar-refractivity contribution in [3.05, 3.63) is 91.4 Å². The first-order chi connectivity index (χ1) is 13.5. The van der Waals surface area contributed by atoms with E-state index in [-0.39, 0.29) is 36.8 Å². The third kappa shape index (κ3) is 3.44. The molecule has 10 heteroatoms. The van der Waals surface area contributed by atoms with Gasteiger partial charge in [-0.3, -0.25) is 4.55 Å². The number of aromatic hydroxyl groups is 2. The van der Waals surface area contributed by atoms with Crippen LogP contribution in [0.2, 0.25) is 20.1 Å². The summed E-state index contributed by atoms with van der Waals surface area (Å²) in [5.41, 5.74) is -0.673. The van der Waals surface area contributed by atoms with Gasteiger partial charge in [-0.1, -0.05) is 88.9 Å². The number of phenols is 2. The van der Waals surface area contributed by atoms with Gasteiger partial charge in [0, 0.05) is 11.1 Å². The standard InChI is InChI=1S/C19H12Cl4O5S/c20-13-8-6-11(17(24)15(13)22)19(29(26,27)28,10-4-2-1-3-5-10)12-7-9-14(21)16(23)18(12)25/h1-9,24-25H,(H,26,27,28). The summed E-state index contributed by atoms with van der Waals surface area (Å²) in [5.74, 6) is -1.38. The summed E-state index contributed by atoms with van der Waals surface area (Å²) in [5, 5.41) is 20.6.